The lowest BCUT2D eigenvalue weighted by Crippen LogP contribution is -2.50. The molecule has 2 aromatic heterocycles. The maximum atomic E-state index is 13.5. The number of anilines is 1. The van der Waals surface area contributed by atoms with E-state index in [2.05, 4.69) is 20.1 Å². The Kier molecular flexibility index (Phi) is 6.77. The summed E-state index contributed by atoms with van der Waals surface area (Å²) in [5.41, 5.74) is 1.45. The molecule has 36 heavy (non-hydrogen) atoms. The van der Waals surface area contributed by atoms with Crippen molar-refractivity contribution in [1.29, 1.82) is 0 Å². The standard InChI is InChI=1S/C25H23ClFN7O2/c1-36-21-8-4-17(5-9-21)23-30-24(18-2-6-20(27)7-3-18)34(31-23)16-22(35)32-10-12-33(13-11-32)25-28-14-19(26)15-29-25/h2-9,14-15H,10-13,16H2,1H3. The van der Waals surface area contributed by atoms with Crippen LogP contribution in [0, 0.1) is 5.82 Å². The summed E-state index contributed by atoms with van der Waals surface area (Å²) in [6, 6.07) is 13.3. The molecule has 1 aliphatic heterocycles. The van der Waals surface area contributed by atoms with Crippen LogP contribution < -0.4 is 9.64 Å². The molecule has 184 valence electrons. The maximum Gasteiger partial charge on any atom is 0.244 e. The fourth-order valence-electron chi connectivity index (χ4n) is 3.98. The number of nitrogens with zero attached hydrogens (tertiary/aromatic N) is 7. The Morgan fingerprint density at radius 3 is 2.25 bits per heavy atom. The lowest BCUT2D eigenvalue weighted by molar-refractivity contribution is -0.132. The molecule has 0 atom stereocenters. The van der Waals surface area contributed by atoms with Gasteiger partial charge in [-0.25, -0.2) is 24.0 Å². The van der Waals surface area contributed by atoms with Crippen LogP contribution in [0.1, 0.15) is 0 Å². The molecular formula is C25H23ClFN7O2. The van der Waals surface area contributed by atoms with Gasteiger partial charge in [0, 0.05) is 37.3 Å². The van der Waals surface area contributed by atoms with Gasteiger partial charge in [0.2, 0.25) is 11.9 Å². The predicted octanol–water partition coefficient (Wildman–Crippen LogP) is 3.55. The van der Waals surface area contributed by atoms with Crippen molar-refractivity contribution in [1.82, 2.24) is 29.6 Å². The number of carbonyl (C=O) groups excluding carboxylic acids is 1. The smallest absolute Gasteiger partial charge is 0.244 e. The molecule has 5 rings (SSSR count). The summed E-state index contributed by atoms with van der Waals surface area (Å²) in [5, 5.41) is 5.10. The van der Waals surface area contributed by atoms with Crippen molar-refractivity contribution >= 4 is 23.5 Å². The number of halogens is 2. The van der Waals surface area contributed by atoms with Crippen molar-refractivity contribution < 1.29 is 13.9 Å². The summed E-state index contributed by atoms with van der Waals surface area (Å²) in [6.07, 6.45) is 3.12. The van der Waals surface area contributed by atoms with E-state index in [1.807, 2.05) is 29.2 Å². The fraction of sp³-hybridized carbons (Fsp3) is 0.240. The lowest BCUT2D eigenvalue weighted by Gasteiger charge is -2.34. The molecule has 0 aliphatic carbocycles. The quantitative estimate of drug-likeness (QED) is 0.394. The molecule has 3 heterocycles. The Morgan fingerprint density at radius 1 is 0.972 bits per heavy atom. The minimum absolute atomic E-state index is 0.00725. The number of amides is 1. The van der Waals surface area contributed by atoms with Gasteiger partial charge in [-0.15, -0.1) is 5.10 Å². The Morgan fingerprint density at radius 2 is 1.61 bits per heavy atom. The average molecular weight is 508 g/mol. The molecular weight excluding hydrogens is 485 g/mol. The maximum absolute atomic E-state index is 13.5. The zero-order valence-electron chi connectivity index (χ0n) is 19.5. The number of aromatic nitrogens is 5. The Labute approximate surface area is 212 Å². The first-order valence-corrected chi connectivity index (χ1v) is 11.7. The normalized spacial score (nSPS) is 13.6. The number of benzene rings is 2. The predicted molar refractivity (Wildman–Crippen MR) is 133 cm³/mol. The highest BCUT2D eigenvalue weighted by atomic mass is 35.5. The van der Waals surface area contributed by atoms with Crippen molar-refractivity contribution in [3.63, 3.8) is 0 Å². The summed E-state index contributed by atoms with van der Waals surface area (Å²) < 4.78 is 20.3. The van der Waals surface area contributed by atoms with Gasteiger partial charge in [0.25, 0.3) is 0 Å². The van der Waals surface area contributed by atoms with Crippen LogP contribution in [0.4, 0.5) is 10.3 Å². The number of ether oxygens (including phenoxy) is 1. The third kappa shape index (κ3) is 5.13. The number of hydrogen-bond donors (Lipinski definition) is 0. The highest BCUT2D eigenvalue weighted by Gasteiger charge is 2.24. The highest BCUT2D eigenvalue weighted by molar-refractivity contribution is 6.30. The second-order valence-electron chi connectivity index (χ2n) is 8.22. The molecule has 0 saturated carbocycles. The Bertz CT molecular complexity index is 1340. The summed E-state index contributed by atoms with van der Waals surface area (Å²) in [7, 11) is 1.60. The van der Waals surface area contributed by atoms with Crippen LogP contribution >= 0.6 is 11.6 Å². The number of hydrogen-bond acceptors (Lipinski definition) is 7. The van der Waals surface area contributed by atoms with Gasteiger partial charge < -0.3 is 14.5 Å². The minimum atomic E-state index is -0.348. The molecule has 9 nitrogen and oxygen atoms in total. The summed E-state index contributed by atoms with van der Waals surface area (Å²) in [5.74, 6) is 1.83. The summed E-state index contributed by atoms with van der Waals surface area (Å²) in [6.45, 7) is 2.26. The van der Waals surface area contributed by atoms with E-state index in [0.717, 1.165) is 11.3 Å². The molecule has 1 saturated heterocycles. The van der Waals surface area contributed by atoms with Gasteiger partial charge in [-0.2, -0.15) is 0 Å². The van der Waals surface area contributed by atoms with Crippen molar-refractivity contribution in [2.75, 3.05) is 38.2 Å². The zero-order valence-corrected chi connectivity index (χ0v) is 20.3. The molecule has 11 heteroatoms. The van der Waals surface area contributed by atoms with E-state index in [1.54, 1.807) is 41.2 Å². The second-order valence-corrected chi connectivity index (χ2v) is 8.66. The van der Waals surface area contributed by atoms with E-state index in [9.17, 15) is 9.18 Å². The van der Waals surface area contributed by atoms with Gasteiger partial charge >= 0.3 is 0 Å². The third-order valence-corrected chi connectivity index (χ3v) is 6.12. The van der Waals surface area contributed by atoms with E-state index >= 15 is 0 Å². The molecule has 1 amide bonds. The van der Waals surface area contributed by atoms with E-state index in [-0.39, 0.29) is 18.3 Å². The van der Waals surface area contributed by atoms with Gasteiger partial charge in [0.15, 0.2) is 11.6 Å². The number of rotatable bonds is 6. The SMILES string of the molecule is COc1ccc(-c2nc(-c3ccc(F)cc3)n(CC(=O)N3CCN(c4ncc(Cl)cn4)CC3)n2)cc1. The van der Waals surface area contributed by atoms with Crippen molar-refractivity contribution in [2.45, 2.75) is 6.54 Å². The van der Waals surface area contributed by atoms with Gasteiger partial charge in [0.05, 0.1) is 24.5 Å². The summed E-state index contributed by atoms with van der Waals surface area (Å²) in [4.78, 5) is 30.2. The minimum Gasteiger partial charge on any atom is -0.497 e. The Hall–Kier alpha value is -4.05. The number of carbonyl (C=O) groups is 1. The van der Waals surface area contributed by atoms with E-state index in [4.69, 9.17) is 16.3 Å². The molecule has 2 aromatic carbocycles. The Balaban J connectivity index is 1.35. The van der Waals surface area contributed by atoms with Gasteiger partial charge in [-0.3, -0.25) is 4.79 Å². The van der Waals surface area contributed by atoms with Crippen LogP contribution in [0.15, 0.2) is 60.9 Å². The zero-order chi connectivity index (χ0) is 25.1. The van der Waals surface area contributed by atoms with Crippen LogP contribution in [0.2, 0.25) is 5.02 Å². The average Bonchev–Trinajstić information content (AvgIpc) is 3.33. The first-order valence-electron chi connectivity index (χ1n) is 11.4. The topological polar surface area (TPSA) is 89.3 Å². The van der Waals surface area contributed by atoms with Crippen molar-refractivity contribution in [3.05, 3.63) is 71.8 Å². The third-order valence-electron chi connectivity index (χ3n) is 5.93. The van der Waals surface area contributed by atoms with Crippen LogP contribution in [0.3, 0.4) is 0 Å². The largest absolute Gasteiger partial charge is 0.497 e. The first kappa shape index (κ1) is 23.7. The van der Waals surface area contributed by atoms with Crippen molar-refractivity contribution in [3.8, 4) is 28.5 Å². The monoisotopic (exact) mass is 507 g/mol. The van der Waals surface area contributed by atoms with Gasteiger partial charge in [-0.1, -0.05) is 11.6 Å². The van der Waals surface area contributed by atoms with E-state index in [1.165, 1.54) is 12.1 Å². The first-order chi connectivity index (χ1) is 17.5. The highest BCUT2D eigenvalue weighted by Crippen LogP contribution is 2.25. The second kappa shape index (κ2) is 10.3. The summed E-state index contributed by atoms with van der Waals surface area (Å²) >= 11 is 5.88. The molecule has 1 fully saturated rings. The van der Waals surface area contributed by atoms with Crippen molar-refractivity contribution in [2.24, 2.45) is 0 Å². The number of methoxy groups -OCH3 is 1. The fourth-order valence-corrected chi connectivity index (χ4v) is 4.08. The molecule has 1 aliphatic rings. The van der Waals surface area contributed by atoms with Crippen LogP contribution in [0.5, 0.6) is 5.75 Å². The molecule has 0 unspecified atom stereocenters. The molecule has 4 aromatic rings. The molecule has 0 radical (unpaired) electrons. The molecule has 0 N–H and O–H groups in total. The van der Waals surface area contributed by atoms with E-state index in [0.29, 0.717) is 54.4 Å². The molecule has 0 bridgehead atoms. The van der Waals surface area contributed by atoms with Gasteiger partial charge in [-0.05, 0) is 48.5 Å². The van der Waals surface area contributed by atoms with Crippen LogP contribution in [0.25, 0.3) is 22.8 Å². The van der Waals surface area contributed by atoms with Crippen LogP contribution in [-0.2, 0) is 11.3 Å². The van der Waals surface area contributed by atoms with Gasteiger partial charge in [0.1, 0.15) is 18.1 Å². The number of piperazine rings is 1. The molecule has 0 spiro atoms. The lowest BCUT2D eigenvalue weighted by atomic mass is 10.2. The van der Waals surface area contributed by atoms with E-state index < -0.39 is 0 Å². The van der Waals surface area contributed by atoms with Crippen LogP contribution in [-0.4, -0.2) is 68.8 Å².